The van der Waals surface area contributed by atoms with Crippen LogP contribution < -0.4 is 4.90 Å². The SMILES string of the molecule is COCc1nc(N2CCN(C(=O)c3ccc(C(F)(F)F)cc3)CC2)c2c(C)nn(-c3cccc(Cl)c3)c2n1. The lowest BCUT2D eigenvalue weighted by molar-refractivity contribution is -0.137. The molecule has 0 aliphatic carbocycles. The van der Waals surface area contributed by atoms with Gasteiger partial charge in [0.25, 0.3) is 5.91 Å². The molecule has 3 heterocycles. The van der Waals surface area contributed by atoms with Gasteiger partial charge in [-0.3, -0.25) is 4.79 Å². The first-order valence-electron chi connectivity index (χ1n) is 11.9. The van der Waals surface area contributed by atoms with E-state index in [1.807, 2.05) is 19.1 Å². The van der Waals surface area contributed by atoms with Crippen molar-refractivity contribution in [2.24, 2.45) is 0 Å². The summed E-state index contributed by atoms with van der Waals surface area (Å²) in [4.78, 5) is 26.1. The van der Waals surface area contributed by atoms with E-state index in [0.717, 1.165) is 28.9 Å². The molecule has 2 aromatic carbocycles. The van der Waals surface area contributed by atoms with E-state index in [2.05, 4.69) is 4.90 Å². The van der Waals surface area contributed by atoms with Crippen LogP contribution in [0, 0.1) is 6.92 Å². The van der Waals surface area contributed by atoms with Gasteiger partial charge in [0.2, 0.25) is 0 Å². The molecule has 1 aliphatic heterocycles. The molecule has 0 unspecified atom stereocenters. The number of halogens is 4. The average molecular weight is 545 g/mol. The lowest BCUT2D eigenvalue weighted by Gasteiger charge is -2.35. The first-order valence-corrected chi connectivity index (χ1v) is 12.3. The molecule has 8 nitrogen and oxygen atoms in total. The van der Waals surface area contributed by atoms with Crippen molar-refractivity contribution in [3.8, 4) is 5.69 Å². The number of aryl methyl sites for hydroxylation is 1. The van der Waals surface area contributed by atoms with Crippen molar-refractivity contribution in [2.45, 2.75) is 19.7 Å². The number of hydrogen-bond donors (Lipinski definition) is 0. The van der Waals surface area contributed by atoms with Crippen LogP contribution in [0.5, 0.6) is 0 Å². The van der Waals surface area contributed by atoms with Gasteiger partial charge >= 0.3 is 6.18 Å². The maximum Gasteiger partial charge on any atom is 0.416 e. The van der Waals surface area contributed by atoms with Gasteiger partial charge in [0.05, 0.1) is 22.3 Å². The van der Waals surface area contributed by atoms with Crippen molar-refractivity contribution in [1.82, 2.24) is 24.6 Å². The fraction of sp³-hybridized carbons (Fsp3) is 0.308. The Morgan fingerprint density at radius 2 is 1.76 bits per heavy atom. The van der Waals surface area contributed by atoms with Gasteiger partial charge in [-0.25, -0.2) is 14.6 Å². The monoisotopic (exact) mass is 544 g/mol. The number of alkyl halides is 3. The number of methoxy groups -OCH3 is 1. The van der Waals surface area contributed by atoms with Crippen molar-refractivity contribution in [3.63, 3.8) is 0 Å². The van der Waals surface area contributed by atoms with Crippen LogP contribution in [0.2, 0.25) is 5.02 Å². The Labute approximate surface area is 221 Å². The lowest BCUT2D eigenvalue weighted by atomic mass is 10.1. The van der Waals surface area contributed by atoms with E-state index in [4.69, 9.17) is 31.4 Å². The lowest BCUT2D eigenvalue weighted by Crippen LogP contribution is -2.49. The number of piperazine rings is 1. The highest BCUT2D eigenvalue weighted by molar-refractivity contribution is 6.30. The molecule has 198 valence electrons. The Balaban J connectivity index is 1.42. The average Bonchev–Trinajstić information content (AvgIpc) is 3.24. The van der Waals surface area contributed by atoms with Gasteiger partial charge in [-0.15, -0.1) is 0 Å². The fourth-order valence-corrected chi connectivity index (χ4v) is 4.71. The van der Waals surface area contributed by atoms with Crippen LogP contribution in [0.3, 0.4) is 0 Å². The molecule has 4 aromatic rings. The minimum absolute atomic E-state index is 0.203. The van der Waals surface area contributed by atoms with E-state index in [1.165, 1.54) is 12.1 Å². The van der Waals surface area contributed by atoms with Crippen molar-refractivity contribution >= 4 is 34.4 Å². The molecule has 38 heavy (non-hydrogen) atoms. The van der Waals surface area contributed by atoms with Crippen molar-refractivity contribution in [1.29, 1.82) is 0 Å². The number of fused-ring (bicyclic) bond motifs is 1. The zero-order valence-corrected chi connectivity index (χ0v) is 21.4. The molecule has 5 rings (SSSR count). The topological polar surface area (TPSA) is 76.4 Å². The summed E-state index contributed by atoms with van der Waals surface area (Å²) in [6.07, 6.45) is -4.45. The van der Waals surface area contributed by atoms with Crippen LogP contribution >= 0.6 is 11.6 Å². The number of carbonyl (C=O) groups is 1. The van der Waals surface area contributed by atoms with Gasteiger partial charge < -0.3 is 14.5 Å². The number of benzene rings is 2. The maximum absolute atomic E-state index is 13.0. The Hall–Kier alpha value is -3.70. The number of ether oxygens (including phenoxy) is 1. The van der Waals surface area contributed by atoms with Crippen molar-refractivity contribution in [3.05, 3.63) is 76.2 Å². The highest BCUT2D eigenvalue weighted by Crippen LogP contribution is 2.31. The van der Waals surface area contributed by atoms with Gasteiger partial charge in [-0.05, 0) is 49.4 Å². The van der Waals surface area contributed by atoms with Gasteiger partial charge in [0, 0.05) is 43.9 Å². The summed E-state index contributed by atoms with van der Waals surface area (Å²) >= 11 is 6.21. The normalized spacial score (nSPS) is 14.4. The second-order valence-electron chi connectivity index (χ2n) is 8.93. The van der Waals surface area contributed by atoms with Crippen molar-refractivity contribution < 1.29 is 22.7 Å². The number of carbonyl (C=O) groups excluding carboxylic acids is 1. The minimum Gasteiger partial charge on any atom is -0.377 e. The number of nitrogens with zero attached hydrogens (tertiary/aromatic N) is 6. The van der Waals surface area contributed by atoms with E-state index in [-0.39, 0.29) is 18.1 Å². The summed E-state index contributed by atoms with van der Waals surface area (Å²) in [5.74, 6) is 0.868. The molecule has 0 bridgehead atoms. The highest BCUT2D eigenvalue weighted by atomic mass is 35.5. The van der Waals surface area contributed by atoms with Gasteiger partial charge in [0.1, 0.15) is 12.4 Å². The van der Waals surface area contributed by atoms with Gasteiger partial charge in [-0.2, -0.15) is 18.3 Å². The molecule has 1 amide bonds. The van der Waals surface area contributed by atoms with Gasteiger partial charge in [0.15, 0.2) is 11.5 Å². The third-order valence-electron chi connectivity index (χ3n) is 6.38. The molecule has 0 spiro atoms. The van der Waals surface area contributed by atoms with E-state index in [9.17, 15) is 18.0 Å². The number of rotatable bonds is 5. The second-order valence-corrected chi connectivity index (χ2v) is 9.36. The zero-order chi connectivity index (χ0) is 27.0. The quantitative estimate of drug-likeness (QED) is 0.355. The van der Waals surface area contributed by atoms with Crippen LogP contribution in [0.1, 0.15) is 27.4 Å². The van der Waals surface area contributed by atoms with Crippen LogP contribution in [-0.4, -0.2) is 63.8 Å². The predicted molar refractivity (Wildman–Crippen MR) is 137 cm³/mol. The van der Waals surface area contributed by atoms with Crippen LogP contribution in [0.25, 0.3) is 16.7 Å². The number of amides is 1. The molecule has 0 atom stereocenters. The van der Waals surface area contributed by atoms with Crippen LogP contribution in [0.4, 0.5) is 19.0 Å². The molecule has 1 saturated heterocycles. The molecule has 12 heteroatoms. The third kappa shape index (κ3) is 5.03. The van der Waals surface area contributed by atoms with Crippen LogP contribution in [-0.2, 0) is 17.5 Å². The number of aromatic nitrogens is 4. The Morgan fingerprint density at radius 3 is 2.39 bits per heavy atom. The van der Waals surface area contributed by atoms with E-state index < -0.39 is 11.7 Å². The summed E-state index contributed by atoms with van der Waals surface area (Å²) in [5, 5.41) is 6.07. The highest BCUT2D eigenvalue weighted by Gasteiger charge is 2.31. The fourth-order valence-electron chi connectivity index (χ4n) is 4.52. The molecule has 0 saturated carbocycles. The van der Waals surface area contributed by atoms with E-state index in [0.29, 0.717) is 48.5 Å². The summed E-state index contributed by atoms with van der Waals surface area (Å²) in [5.41, 5.74) is 1.55. The Morgan fingerprint density at radius 1 is 1.05 bits per heavy atom. The van der Waals surface area contributed by atoms with E-state index in [1.54, 1.807) is 28.8 Å². The Bertz CT molecular complexity index is 1480. The van der Waals surface area contributed by atoms with Gasteiger partial charge in [-0.1, -0.05) is 17.7 Å². The smallest absolute Gasteiger partial charge is 0.377 e. The zero-order valence-electron chi connectivity index (χ0n) is 20.7. The Kier molecular flexibility index (Phi) is 6.97. The largest absolute Gasteiger partial charge is 0.416 e. The van der Waals surface area contributed by atoms with Crippen molar-refractivity contribution in [2.75, 3.05) is 38.2 Å². The van der Waals surface area contributed by atoms with E-state index >= 15 is 0 Å². The first kappa shape index (κ1) is 25.9. The maximum atomic E-state index is 13.0. The summed E-state index contributed by atoms with van der Waals surface area (Å²) in [6.45, 7) is 3.81. The standard InChI is InChI=1S/C26H24ClF3N6O2/c1-16-22-23(31-21(15-38-2)32-24(22)36(33-16)20-5-3-4-19(27)14-20)34-10-12-35(13-11-34)25(37)17-6-8-18(9-7-17)26(28,29)30/h3-9,14H,10-13,15H2,1-2H3. The molecule has 0 N–H and O–H groups in total. The number of hydrogen-bond acceptors (Lipinski definition) is 6. The molecule has 1 fully saturated rings. The first-order chi connectivity index (χ1) is 18.2. The molecule has 0 radical (unpaired) electrons. The molecule has 1 aliphatic rings. The minimum atomic E-state index is -4.45. The number of anilines is 1. The predicted octanol–water partition coefficient (Wildman–Crippen LogP) is 4.90. The summed E-state index contributed by atoms with van der Waals surface area (Å²) in [7, 11) is 1.57. The summed E-state index contributed by atoms with van der Waals surface area (Å²) < 4.78 is 45.7. The summed E-state index contributed by atoms with van der Waals surface area (Å²) in [6, 6.07) is 11.6. The second kappa shape index (κ2) is 10.2. The molecular formula is C26H24ClF3N6O2. The molecular weight excluding hydrogens is 521 g/mol. The molecule has 2 aromatic heterocycles. The van der Waals surface area contributed by atoms with Crippen LogP contribution in [0.15, 0.2) is 48.5 Å². The third-order valence-corrected chi connectivity index (χ3v) is 6.62.